The zero-order valence-corrected chi connectivity index (χ0v) is 64.8. The SMILES string of the molecule is CC(C)CCCCCCCCCCCCCCCCCCC(=O)OC[C@H](COP(=O)(O)OCC(O)COP(=O)(O)OC[C@@H](COC(=O)CCCCCCCCCCC(C)C)OC(=O)CCCCCCCCCCC(C)C)OC(=O)CCCCCCCCCCCCCCC(C)C. The van der Waals surface area contributed by atoms with Gasteiger partial charge in [-0.3, -0.25) is 37.3 Å². The fourth-order valence-electron chi connectivity index (χ4n) is 11.7. The van der Waals surface area contributed by atoms with Crippen LogP contribution in [-0.2, 0) is 65.4 Å². The zero-order chi connectivity index (χ0) is 71.0. The Bertz CT molecular complexity index is 1880. The molecule has 0 aliphatic carbocycles. The third-order valence-electron chi connectivity index (χ3n) is 17.8. The molecular weight excluding hydrogens is 1260 g/mol. The van der Waals surface area contributed by atoms with Crippen molar-refractivity contribution in [1.82, 2.24) is 0 Å². The van der Waals surface area contributed by atoms with Gasteiger partial charge < -0.3 is 33.8 Å². The lowest BCUT2D eigenvalue weighted by molar-refractivity contribution is -0.161. The first-order chi connectivity index (χ1) is 46.1. The molecule has 3 N–H and O–H groups in total. The van der Waals surface area contributed by atoms with Crippen molar-refractivity contribution >= 4 is 39.5 Å². The number of aliphatic hydroxyl groups is 1. The minimum absolute atomic E-state index is 0.104. The summed E-state index contributed by atoms with van der Waals surface area (Å²) < 4.78 is 68.5. The molecule has 3 unspecified atom stereocenters. The smallest absolute Gasteiger partial charge is 0.462 e. The predicted molar refractivity (Wildman–Crippen MR) is 391 cm³/mol. The van der Waals surface area contributed by atoms with Crippen molar-refractivity contribution in [2.24, 2.45) is 23.7 Å². The Morgan fingerprint density at radius 1 is 0.260 bits per heavy atom. The number of carbonyl (C=O) groups excluding carboxylic acids is 4. The number of carbonyl (C=O) groups is 4. The van der Waals surface area contributed by atoms with E-state index in [1.165, 1.54) is 193 Å². The molecule has 0 heterocycles. The van der Waals surface area contributed by atoms with Gasteiger partial charge in [0.15, 0.2) is 12.2 Å². The van der Waals surface area contributed by atoms with E-state index < -0.39 is 97.5 Å². The van der Waals surface area contributed by atoms with Crippen molar-refractivity contribution in [3.8, 4) is 0 Å². The molecule has 0 aliphatic rings. The number of hydrogen-bond acceptors (Lipinski definition) is 15. The Morgan fingerprint density at radius 2 is 0.438 bits per heavy atom. The Balaban J connectivity index is 5.23. The number of hydrogen-bond donors (Lipinski definition) is 3. The number of esters is 4. The molecule has 0 aromatic rings. The molecule has 19 heteroatoms. The van der Waals surface area contributed by atoms with Gasteiger partial charge in [0.05, 0.1) is 26.4 Å². The predicted octanol–water partition coefficient (Wildman–Crippen LogP) is 22.4. The fraction of sp³-hybridized carbons (Fsp3) is 0.948. The molecule has 0 aliphatic heterocycles. The minimum Gasteiger partial charge on any atom is -0.462 e. The van der Waals surface area contributed by atoms with E-state index in [-0.39, 0.29) is 25.7 Å². The van der Waals surface area contributed by atoms with Gasteiger partial charge in [-0.25, -0.2) is 9.13 Å². The van der Waals surface area contributed by atoms with Gasteiger partial charge in [0.2, 0.25) is 0 Å². The van der Waals surface area contributed by atoms with Crippen LogP contribution in [0.1, 0.15) is 389 Å². The molecule has 5 atom stereocenters. The average Bonchev–Trinajstić information content (AvgIpc) is 1.74. The molecule has 0 saturated carbocycles. The van der Waals surface area contributed by atoms with Crippen LogP contribution in [-0.4, -0.2) is 96.7 Å². The highest BCUT2D eigenvalue weighted by Gasteiger charge is 2.30. The summed E-state index contributed by atoms with van der Waals surface area (Å²) in [6, 6.07) is 0. The fourth-order valence-corrected chi connectivity index (χ4v) is 13.3. The van der Waals surface area contributed by atoms with Crippen molar-refractivity contribution in [2.45, 2.75) is 408 Å². The molecular formula is C77H150O17P2. The van der Waals surface area contributed by atoms with Crippen LogP contribution < -0.4 is 0 Å². The zero-order valence-electron chi connectivity index (χ0n) is 63.0. The van der Waals surface area contributed by atoms with E-state index in [9.17, 15) is 43.2 Å². The van der Waals surface area contributed by atoms with Gasteiger partial charge in [0, 0.05) is 25.7 Å². The second-order valence-electron chi connectivity index (χ2n) is 29.7. The lowest BCUT2D eigenvalue weighted by Gasteiger charge is -2.21. The maximum absolute atomic E-state index is 13.1. The summed E-state index contributed by atoms with van der Waals surface area (Å²) in [4.78, 5) is 72.8. The number of rotatable bonds is 74. The van der Waals surface area contributed by atoms with Crippen LogP contribution in [0.3, 0.4) is 0 Å². The van der Waals surface area contributed by atoms with E-state index in [1.54, 1.807) is 0 Å². The summed E-state index contributed by atoms with van der Waals surface area (Å²) in [5.41, 5.74) is 0. The second-order valence-corrected chi connectivity index (χ2v) is 32.6. The summed E-state index contributed by atoms with van der Waals surface area (Å²) in [7, 11) is -9.91. The van der Waals surface area contributed by atoms with Gasteiger partial charge in [-0.05, 0) is 49.4 Å². The first-order valence-corrected chi connectivity index (χ1v) is 42.7. The van der Waals surface area contributed by atoms with Gasteiger partial charge in [-0.15, -0.1) is 0 Å². The second kappa shape index (κ2) is 66.3. The molecule has 17 nitrogen and oxygen atoms in total. The Morgan fingerprint density at radius 3 is 0.646 bits per heavy atom. The number of unbranched alkanes of at least 4 members (excludes halogenated alkanes) is 40. The number of aliphatic hydroxyl groups excluding tert-OH is 1. The van der Waals surface area contributed by atoms with Crippen LogP contribution in [0.5, 0.6) is 0 Å². The van der Waals surface area contributed by atoms with Gasteiger partial charge >= 0.3 is 39.5 Å². The summed E-state index contributed by atoms with van der Waals surface area (Å²) >= 11 is 0. The molecule has 570 valence electrons. The molecule has 0 bridgehead atoms. The third kappa shape index (κ3) is 70.5. The molecule has 0 amide bonds. The van der Waals surface area contributed by atoms with E-state index in [1.807, 2.05) is 0 Å². The van der Waals surface area contributed by atoms with Crippen LogP contribution in [0.4, 0.5) is 0 Å². The molecule has 0 radical (unpaired) electrons. The molecule has 0 rings (SSSR count). The van der Waals surface area contributed by atoms with Crippen LogP contribution in [0.15, 0.2) is 0 Å². The van der Waals surface area contributed by atoms with Crippen LogP contribution >= 0.6 is 15.6 Å². The quantitative estimate of drug-likeness (QED) is 0.0222. The van der Waals surface area contributed by atoms with Crippen molar-refractivity contribution < 1.29 is 80.2 Å². The van der Waals surface area contributed by atoms with Gasteiger partial charge in [0.25, 0.3) is 0 Å². The van der Waals surface area contributed by atoms with Crippen LogP contribution in [0, 0.1) is 23.7 Å². The molecule has 0 saturated heterocycles. The van der Waals surface area contributed by atoms with Crippen molar-refractivity contribution in [3.63, 3.8) is 0 Å². The Hall–Kier alpha value is -1.94. The van der Waals surface area contributed by atoms with Crippen LogP contribution in [0.25, 0.3) is 0 Å². The summed E-state index contributed by atoms with van der Waals surface area (Å²) in [6.07, 6.45) is 51.5. The topological polar surface area (TPSA) is 237 Å². The first-order valence-electron chi connectivity index (χ1n) is 39.7. The lowest BCUT2D eigenvalue weighted by atomic mass is 10.0. The maximum atomic E-state index is 13.1. The number of ether oxygens (including phenoxy) is 4. The minimum atomic E-state index is -4.96. The molecule has 0 fully saturated rings. The van der Waals surface area contributed by atoms with Gasteiger partial charge in [0.1, 0.15) is 19.3 Å². The lowest BCUT2D eigenvalue weighted by Crippen LogP contribution is -2.30. The molecule has 96 heavy (non-hydrogen) atoms. The monoisotopic (exact) mass is 1410 g/mol. The van der Waals surface area contributed by atoms with Gasteiger partial charge in [-0.1, -0.05) is 338 Å². The highest BCUT2D eigenvalue weighted by molar-refractivity contribution is 7.47. The maximum Gasteiger partial charge on any atom is 0.472 e. The highest BCUT2D eigenvalue weighted by atomic mass is 31.2. The van der Waals surface area contributed by atoms with E-state index in [0.29, 0.717) is 25.7 Å². The summed E-state index contributed by atoms with van der Waals surface area (Å²) in [5, 5.41) is 10.6. The Labute approximate surface area is 588 Å². The van der Waals surface area contributed by atoms with E-state index in [2.05, 4.69) is 55.4 Å². The normalized spacial score (nSPS) is 14.1. The van der Waals surface area contributed by atoms with Gasteiger partial charge in [-0.2, -0.15) is 0 Å². The summed E-state index contributed by atoms with van der Waals surface area (Å²) in [5.74, 6) is 0.912. The Kier molecular flexibility index (Phi) is 65.0. The van der Waals surface area contributed by atoms with Crippen molar-refractivity contribution in [2.75, 3.05) is 39.6 Å². The average molecular weight is 1410 g/mol. The number of phosphoric ester groups is 2. The standard InChI is InChI=1S/C77H150O17P2/c1-67(2)53-45-37-29-21-17-13-11-9-10-12-14-19-23-33-41-49-57-74(79)87-63-72(93-76(81)59-51-43-35-24-20-16-15-18-22-30-38-46-54-68(3)4)65-91-95(83,84)89-61-71(78)62-90-96(85,86)92-66-73(94-77(82)60-52-44-36-28-26-32-40-48-56-70(7)8)64-88-75(80)58-50-42-34-27-25-31-39-47-55-69(5)6/h67-73,78H,9-66H2,1-8H3,(H,83,84)(H,85,86)/t71?,72-,73-/m1/s1. The van der Waals surface area contributed by atoms with Crippen molar-refractivity contribution in [1.29, 1.82) is 0 Å². The van der Waals surface area contributed by atoms with Crippen molar-refractivity contribution in [3.05, 3.63) is 0 Å². The largest absolute Gasteiger partial charge is 0.472 e. The van der Waals surface area contributed by atoms with E-state index >= 15 is 0 Å². The molecule has 0 aromatic carbocycles. The first kappa shape index (κ1) is 94.1. The number of phosphoric acid groups is 2. The van der Waals surface area contributed by atoms with E-state index in [4.69, 9.17) is 37.0 Å². The highest BCUT2D eigenvalue weighted by Crippen LogP contribution is 2.45. The summed E-state index contributed by atoms with van der Waals surface area (Å²) in [6.45, 7) is 14.2. The molecule has 0 aromatic heterocycles. The molecule has 0 spiro atoms. The third-order valence-corrected chi connectivity index (χ3v) is 19.7. The van der Waals surface area contributed by atoms with Crippen LogP contribution in [0.2, 0.25) is 0 Å². The van der Waals surface area contributed by atoms with E-state index in [0.717, 1.165) is 114 Å².